The van der Waals surface area contributed by atoms with Gasteiger partial charge < -0.3 is 10.1 Å². The van der Waals surface area contributed by atoms with Gasteiger partial charge in [0.25, 0.3) is 0 Å². The van der Waals surface area contributed by atoms with Crippen LogP contribution in [0.2, 0.25) is 0 Å². The van der Waals surface area contributed by atoms with Crippen LogP contribution in [-0.2, 0) is 0 Å². The van der Waals surface area contributed by atoms with Crippen molar-refractivity contribution in [3.8, 4) is 5.75 Å². The van der Waals surface area contributed by atoms with Gasteiger partial charge >= 0.3 is 0 Å². The molecule has 1 fully saturated rings. The van der Waals surface area contributed by atoms with Gasteiger partial charge in [0.05, 0.1) is 0 Å². The molecule has 1 N–H and O–H groups in total. The van der Waals surface area contributed by atoms with Crippen LogP contribution in [0.5, 0.6) is 5.75 Å². The molecule has 1 saturated carbocycles. The van der Waals surface area contributed by atoms with Crippen LogP contribution in [0.25, 0.3) is 10.8 Å². The minimum absolute atomic E-state index is 0.373. The molecule has 0 spiro atoms. The molecule has 0 unspecified atom stereocenters. The largest absolute Gasteiger partial charge is 0.490 e. The van der Waals surface area contributed by atoms with Gasteiger partial charge in [-0.15, -0.1) is 0 Å². The Kier molecular flexibility index (Phi) is 2.73. The number of benzene rings is 2. The highest BCUT2D eigenvalue weighted by molar-refractivity contribution is 5.88. The van der Waals surface area contributed by atoms with Gasteiger partial charge in [-0.25, -0.2) is 0 Å². The lowest BCUT2D eigenvalue weighted by atomic mass is 9.89. The van der Waals surface area contributed by atoms with Crippen molar-refractivity contribution < 1.29 is 4.74 Å². The molecule has 0 radical (unpaired) electrons. The molecule has 2 aromatic carbocycles. The fourth-order valence-corrected chi connectivity index (χ4v) is 2.38. The Morgan fingerprint density at radius 3 is 2.65 bits per heavy atom. The molecule has 17 heavy (non-hydrogen) atoms. The van der Waals surface area contributed by atoms with E-state index in [1.165, 1.54) is 10.8 Å². The Bertz CT molecular complexity index is 512. The summed E-state index contributed by atoms with van der Waals surface area (Å²) >= 11 is 0. The number of ether oxygens (including phenoxy) is 1. The highest BCUT2D eigenvalue weighted by Crippen LogP contribution is 2.30. The first kappa shape index (κ1) is 10.6. The van der Waals surface area contributed by atoms with Crippen molar-refractivity contribution in [3.63, 3.8) is 0 Å². The summed E-state index contributed by atoms with van der Waals surface area (Å²) in [6.45, 7) is 0. The number of nitrogens with one attached hydrogen (secondary N) is 1. The van der Waals surface area contributed by atoms with Crippen LogP contribution in [0.3, 0.4) is 0 Å². The summed E-state index contributed by atoms with van der Waals surface area (Å²) in [6.07, 6.45) is 2.60. The maximum atomic E-state index is 6.06. The minimum atomic E-state index is 0.373. The van der Waals surface area contributed by atoms with Crippen molar-refractivity contribution in [3.05, 3.63) is 42.5 Å². The van der Waals surface area contributed by atoms with Gasteiger partial charge in [-0.05, 0) is 31.3 Å². The van der Waals surface area contributed by atoms with Crippen molar-refractivity contribution in [2.24, 2.45) is 0 Å². The monoisotopic (exact) mass is 227 g/mol. The Hall–Kier alpha value is -1.54. The molecule has 0 aromatic heterocycles. The lowest BCUT2D eigenvalue weighted by Crippen LogP contribution is -2.45. The minimum Gasteiger partial charge on any atom is -0.490 e. The molecule has 2 nitrogen and oxygen atoms in total. The molecule has 1 aliphatic rings. The van der Waals surface area contributed by atoms with Crippen LogP contribution in [0.15, 0.2) is 42.5 Å². The molecule has 0 amide bonds. The maximum absolute atomic E-state index is 6.06. The summed E-state index contributed by atoms with van der Waals surface area (Å²) in [5, 5.41) is 5.73. The molecule has 0 heterocycles. The van der Waals surface area contributed by atoms with Gasteiger partial charge in [0.15, 0.2) is 0 Å². The Morgan fingerprint density at radius 1 is 1.06 bits per heavy atom. The molecule has 3 rings (SSSR count). The van der Waals surface area contributed by atoms with E-state index in [0.29, 0.717) is 12.1 Å². The Labute approximate surface area is 102 Å². The van der Waals surface area contributed by atoms with Crippen molar-refractivity contribution in [2.45, 2.75) is 25.0 Å². The van der Waals surface area contributed by atoms with Crippen molar-refractivity contribution in [2.75, 3.05) is 7.05 Å². The second-order valence-corrected chi connectivity index (χ2v) is 4.67. The standard InChI is InChI=1S/C15H17NO/c1-16-12-9-13(10-12)17-15-8-4-6-11-5-2-3-7-14(11)15/h2-8,12-13,16H,9-10H2,1H3. The lowest BCUT2D eigenvalue weighted by molar-refractivity contribution is 0.0900. The number of hydrogen-bond donors (Lipinski definition) is 1. The van der Waals surface area contributed by atoms with Crippen molar-refractivity contribution >= 4 is 10.8 Å². The lowest BCUT2D eigenvalue weighted by Gasteiger charge is -2.35. The zero-order valence-electron chi connectivity index (χ0n) is 10.0. The van der Waals surface area contributed by atoms with E-state index >= 15 is 0 Å². The predicted molar refractivity (Wildman–Crippen MR) is 70.4 cm³/mol. The molecular formula is C15H17NO. The normalized spacial score (nSPS) is 23.4. The van der Waals surface area contributed by atoms with Gasteiger partial charge in [0.2, 0.25) is 0 Å². The van der Waals surface area contributed by atoms with Gasteiger partial charge in [-0.1, -0.05) is 36.4 Å². The van der Waals surface area contributed by atoms with Crippen LogP contribution >= 0.6 is 0 Å². The smallest absolute Gasteiger partial charge is 0.127 e. The molecule has 2 heteroatoms. The summed E-state index contributed by atoms with van der Waals surface area (Å²) in [5.41, 5.74) is 0. The van der Waals surface area contributed by atoms with Gasteiger partial charge in [0, 0.05) is 11.4 Å². The average molecular weight is 227 g/mol. The van der Waals surface area contributed by atoms with E-state index in [2.05, 4.69) is 47.8 Å². The highest BCUT2D eigenvalue weighted by atomic mass is 16.5. The highest BCUT2D eigenvalue weighted by Gasteiger charge is 2.29. The van der Waals surface area contributed by atoms with Gasteiger partial charge in [0.1, 0.15) is 11.9 Å². The second-order valence-electron chi connectivity index (χ2n) is 4.67. The number of hydrogen-bond acceptors (Lipinski definition) is 2. The Balaban J connectivity index is 1.81. The quantitative estimate of drug-likeness (QED) is 0.870. The molecule has 0 bridgehead atoms. The SMILES string of the molecule is CNC1CC(Oc2cccc3ccccc23)C1. The summed E-state index contributed by atoms with van der Waals surface area (Å²) < 4.78 is 6.06. The first-order valence-electron chi connectivity index (χ1n) is 6.18. The van der Waals surface area contributed by atoms with Crippen molar-refractivity contribution in [1.82, 2.24) is 5.32 Å². The van der Waals surface area contributed by atoms with E-state index in [1.807, 2.05) is 7.05 Å². The van der Waals surface area contributed by atoms with E-state index in [-0.39, 0.29) is 0 Å². The first-order chi connectivity index (χ1) is 8.36. The van der Waals surface area contributed by atoms with E-state index in [1.54, 1.807) is 0 Å². The molecule has 0 atom stereocenters. The third kappa shape index (κ3) is 2.01. The predicted octanol–water partition coefficient (Wildman–Crippen LogP) is 2.97. The van der Waals surface area contributed by atoms with Crippen molar-refractivity contribution in [1.29, 1.82) is 0 Å². The average Bonchev–Trinajstić information content (AvgIpc) is 2.33. The maximum Gasteiger partial charge on any atom is 0.127 e. The number of fused-ring (bicyclic) bond motifs is 1. The van der Waals surface area contributed by atoms with Crippen LogP contribution in [0, 0.1) is 0 Å². The molecular weight excluding hydrogens is 210 g/mol. The molecule has 1 aliphatic carbocycles. The van der Waals surface area contributed by atoms with Crippen LogP contribution in [-0.4, -0.2) is 19.2 Å². The molecule has 88 valence electrons. The second kappa shape index (κ2) is 4.38. The topological polar surface area (TPSA) is 21.3 Å². The molecule has 2 aromatic rings. The third-order valence-corrected chi connectivity index (χ3v) is 3.55. The fraction of sp³-hybridized carbons (Fsp3) is 0.333. The van der Waals surface area contributed by atoms with E-state index in [9.17, 15) is 0 Å². The molecule has 0 aliphatic heterocycles. The number of rotatable bonds is 3. The van der Waals surface area contributed by atoms with Crippen LogP contribution in [0.4, 0.5) is 0 Å². The van der Waals surface area contributed by atoms with Gasteiger partial charge in [-0.3, -0.25) is 0 Å². The first-order valence-corrected chi connectivity index (χ1v) is 6.18. The summed E-state index contributed by atoms with van der Waals surface area (Å²) in [4.78, 5) is 0. The third-order valence-electron chi connectivity index (χ3n) is 3.55. The molecule has 0 saturated heterocycles. The zero-order valence-corrected chi connectivity index (χ0v) is 10.0. The Morgan fingerprint density at radius 2 is 1.82 bits per heavy atom. The fourth-order valence-electron chi connectivity index (χ4n) is 2.38. The van der Waals surface area contributed by atoms with E-state index in [0.717, 1.165) is 18.6 Å². The summed E-state index contributed by atoms with van der Waals surface area (Å²) in [7, 11) is 2.01. The zero-order chi connectivity index (χ0) is 11.7. The van der Waals surface area contributed by atoms with Gasteiger partial charge in [-0.2, -0.15) is 0 Å². The van der Waals surface area contributed by atoms with Crippen LogP contribution < -0.4 is 10.1 Å². The van der Waals surface area contributed by atoms with E-state index in [4.69, 9.17) is 4.74 Å². The van der Waals surface area contributed by atoms with Crippen LogP contribution in [0.1, 0.15) is 12.8 Å². The summed E-state index contributed by atoms with van der Waals surface area (Å²) in [5.74, 6) is 1.02. The summed E-state index contributed by atoms with van der Waals surface area (Å²) in [6, 6.07) is 15.3. The van der Waals surface area contributed by atoms with E-state index < -0.39 is 0 Å².